The summed E-state index contributed by atoms with van der Waals surface area (Å²) in [6.45, 7) is 0.117. The molecule has 0 saturated heterocycles. The highest BCUT2D eigenvalue weighted by Crippen LogP contribution is 2.17. The number of amides is 1. The number of carbonyl (C=O) groups excluding carboxylic acids is 1. The normalized spacial score (nSPS) is 10.2. The zero-order chi connectivity index (χ0) is 13.8. The molecule has 0 heterocycles. The van der Waals surface area contributed by atoms with Crippen LogP contribution < -0.4 is 11.1 Å². The van der Waals surface area contributed by atoms with Crippen LogP contribution in [0.25, 0.3) is 0 Å². The molecular formula is C14H12F2N2O. The maximum absolute atomic E-state index is 13.5. The van der Waals surface area contributed by atoms with Crippen molar-refractivity contribution in [3.8, 4) is 0 Å². The van der Waals surface area contributed by atoms with Crippen LogP contribution in [0.3, 0.4) is 0 Å². The van der Waals surface area contributed by atoms with E-state index in [-0.39, 0.29) is 23.6 Å². The third-order valence-electron chi connectivity index (χ3n) is 2.68. The Hall–Kier alpha value is -2.43. The van der Waals surface area contributed by atoms with Gasteiger partial charge in [0.25, 0.3) is 0 Å². The van der Waals surface area contributed by atoms with Crippen LogP contribution in [0.2, 0.25) is 0 Å². The van der Waals surface area contributed by atoms with Gasteiger partial charge < -0.3 is 11.1 Å². The lowest BCUT2D eigenvalue weighted by Gasteiger charge is -2.09. The van der Waals surface area contributed by atoms with E-state index in [1.807, 2.05) is 0 Å². The molecule has 0 aliphatic heterocycles. The fourth-order valence-corrected chi connectivity index (χ4v) is 1.65. The second-order valence-electron chi connectivity index (χ2n) is 4.00. The van der Waals surface area contributed by atoms with Crippen molar-refractivity contribution in [1.29, 1.82) is 0 Å². The summed E-state index contributed by atoms with van der Waals surface area (Å²) in [7, 11) is 0. The van der Waals surface area contributed by atoms with Gasteiger partial charge in [-0.15, -0.1) is 0 Å². The first-order valence-electron chi connectivity index (χ1n) is 5.64. The molecule has 0 aliphatic rings. The van der Waals surface area contributed by atoms with Crippen LogP contribution in [-0.4, -0.2) is 5.91 Å². The Morgan fingerprint density at radius 3 is 2.53 bits per heavy atom. The van der Waals surface area contributed by atoms with E-state index in [0.717, 1.165) is 6.07 Å². The zero-order valence-corrected chi connectivity index (χ0v) is 9.99. The molecule has 0 fully saturated rings. The van der Waals surface area contributed by atoms with Gasteiger partial charge in [-0.3, -0.25) is 4.79 Å². The van der Waals surface area contributed by atoms with Crippen LogP contribution in [0.4, 0.5) is 14.5 Å². The number of halogens is 2. The Kier molecular flexibility index (Phi) is 3.75. The quantitative estimate of drug-likeness (QED) is 0.890. The molecule has 0 radical (unpaired) electrons. The molecular weight excluding hydrogens is 250 g/mol. The van der Waals surface area contributed by atoms with Gasteiger partial charge in [0.05, 0.1) is 5.69 Å². The average Bonchev–Trinajstić information content (AvgIpc) is 2.39. The van der Waals surface area contributed by atoms with Gasteiger partial charge in [0.15, 0.2) is 0 Å². The number of primary amides is 1. The fraction of sp³-hybridized carbons (Fsp3) is 0.0714. The minimum absolute atomic E-state index is 0.111. The Labute approximate surface area is 109 Å². The highest BCUT2D eigenvalue weighted by molar-refractivity contribution is 5.93. The number of nitrogens with one attached hydrogen (secondary N) is 1. The second-order valence-corrected chi connectivity index (χ2v) is 4.00. The number of carbonyl (C=O) groups is 1. The molecule has 19 heavy (non-hydrogen) atoms. The Morgan fingerprint density at radius 1 is 1.11 bits per heavy atom. The SMILES string of the molecule is NC(=O)c1ccc(F)c(NCc2ccccc2F)c1. The molecule has 0 saturated carbocycles. The minimum Gasteiger partial charge on any atom is -0.378 e. The van der Waals surface area contributed by atoms with Crippen molar-refractivity contribution >= 4 is 11.6 Å². The fourth-order valence-electron chi connectivity index (χ4n) is 1.65. The van der Waals surface area contributed by atoms with Gasteiger partial charge in [-0.1, -0.05) is 18.2 Å². The lowest BCUT2D eigenvalue weighted by Crippen LogP contribution is -2.12. The standard InChI is InChI=1S/C14H12F2N2O/c15-11-4-2-1-3-10(11)8-18-13-7-9(14(17)19)5-6-12(13)16/h1-7,18H,8H2,(H2,17,19). The summed E-state index contributed by atoms with van der Waals surface area (Å²) < 4.78 is 26.9. The minimum atomic E-state index is -0.644. The monoisotopic (exact) mass is 262 g/mol. The summed E-state index contributed by atoms with van der Waals surface area (Å²) >= 11 is 0. The molecule has 5 heteroatoms. The topological polar surface area (TPSA) is 55.1 Å². The molecule has 98 valence electrons. The maximum atomic E-state index is 13.5. The highest BCUT2D eigenvalue weighted by Gasteiger charge is 2.08. The van der Waals surface area contributed by atoms with Gasteiger partial charge in [-0.05, 0) is 24.3 Å². The molecule has 2 aromatic rings. The molecule has 0 spiro atoms. The van der Waals surface area contributed by atoms with Crippen molar-refractivity contribution in [2.45, 2.75) is 6.54 Å². The molecule has 0 aromatic heterocycles. The first-order chi connectivity index (χ1) is 9.08. The Bertz CT molecular complexity index is 614. The van der Waals surface area contributed by atoms with Gasteiger partial charge in [0.1, 0.15) is 11.6 Å². The summed E-state index contributed by atoms with van der Waals surface area (Å²) in [5.74, 6) is -1.54. The largest absolute Gasteiger partial charge is 0.378 e. The zero-order valence-electron chi connectivity index (χ0n) is 9.99. The van der Waals surface area contributed by atoms with Crippen LogP contribution in [0, 0.1) is 11.6 Å². The van der Waals surface area contributed by atoms with E-state index in [0.29, 0.717) is 5.56 Å². The van der Waals surface area contributed by atoms with E-state index < -0.39 is 11.7 Å². The van der Waals surface area contributed by atoms with Crippen molar-refractivity contribution in [1.82, 2.24) is 0 Å². The van der Waals surface area contributed by atoms with E-state index in [9.17, 15) is 13.6 Å². The molecule has 3 nitrogen and oxygen atoms in total. The summed E-state index contributed by atoms with van der Waals surface area (Å²) in [6.07, 6.45) is 0. The summed E-state index contributed by atoms with van der Waals surface area (Å²) in [6, 6.07) is 9.93. The second kappa shape index (κ2) is 5.48. The van der Waals surface area contributed by atoms with Crippen LogP contribution in [-0.2, 0) is 6.54 Å². The Morgan fingerprint density at radius 2 is 1.84 bits per heavy atom. The maximum Gasteiger partial charge on any atom is 0.248 e. The first-order valence-corrected chi connectivity index (χ1v) is 5.64. The summed E-state index contributed by atoms with van der Waals surface area (Å²) in [4.78, 5) is 11.0. The van der Waals surface area contributed by atoms with Gasteiger partial charge in [-0.25, -0.2) is 8.78 Å². The molecule has 3 N–H and O–H groups in total. The van der Waals surface area contributed by atoms with Gasteiger partial charge in [-0.2, -0.15) is 0 Å². The van der Waals surface area contributed by atoms with Crippen LogP contribution in [0.15, 0.2) is 42.5 Å². The predicted molar refractivity (Wildman–Crippen MR) is 68.6 cm³/mol. The van der Waals surface area contributed by atoms with Crippen molar-refractivity contribution < 1.29 is 13.6 Å². The molecule has 0 atom stereocenters. The number of rotatable bonds is 4. The van der Waals surface area contributed by atoms with Gasteiger partial charge in [0, 0.05) is 17.7 Å². The summed E-state index contributed by atoms with van der Waals surface area (Å²) in [5, 5.41) is 2.74. The van der Waals surface area contributed by atoms with Crippen molar-refractivity contribution in [2.75, 3.05) is 5.32 Å². The van der Waals surface area contributed by atoms with Crippen molar-refractivity contribution in [3.05, 3.63) is 65.2 Å². The van der Waals surface area contributed by atoms with Gasteiger partial charge in [0.2, 0.25) is 5.91 Å². The third-order valence-corrected chi connectivity index (χ3v) is 2.68. The number of anilines is 1. The number of nitrogens with two attached hydrogens (primary N) is 1. The van der Waals surface area contributed by atoms with Crippen LogP contribution >= 0.6 is 0 Å². The third kappa shape index (κ3) is 3.07. The number of hydrogen-bond acceptors (Lipinski definition) is 2. The van der Waals surface area contributed by atoms with E-state index in [4.69, 9.17) is 5.73 Å². The molecule has 0 bridgehead atoms. The van der Waals surface area contributed by atoms with E-state index >= 15 is 0 Å². The molecule has 0 aliphatic carbocycles. The van der Waals surface area contributed by atoms with Gasteiger partial charge >= 0.3 is 0 Å². The van der Waals surface area contributed by atoms with Crippen molar-refractivity contribution in [3.63, 3.8) is 0 Å². The summed E-state index contributed by atoms with van der Waals surface area (Å²) in [5.41, 5.74) is 5.83. The molecule has 2 aromatic carbocycles. The van der Waals surface area contributed by atoms with Crippen LogP contribution in [0.1, 0.15) is 15.9 Å². The van der Waals surface area contributed by atoms with Crippen LogP contribution in [0.5, 0.6) is 0 Å². The molecule has 0 unspecified atom stereocenters. The van der Waals surface area contributed by atoms with Crippen molar-refractivity contribution in [2.24, 2.45) is 5.73 Å². The highest BCUT2D eigenvalue weighted by atomic mass is 19.1. The number of benzene rings is 2. The first kappa shape index (κ1) is 13.0. The van der Waals surface area contributed by atoms with E-state index in [1.54, 1.807) is 18.2 Å². The molecule has 1 amide bonds. The lowest BCUT2D eigenvalue weighted by atomic mass is 10.1. The molecule has 2 rings (SSSR count). The predicted octanol–water partition coefficient (Wildman–Crippen LogP) is 2.68. The van der Waals surface area contributed by atoms with E-state index in [1.165, 1.54) is 18.2 Å². The average molecular weight is 262 g/mol. The van der Waals surface area contributed by atoms with E-state index in [2.05, 4.69) is 5.32 Å². The smallest absolute Gasteiger partial charge is 0.248 e. The lowest BCUT2D eigenvalue weighted by molar-refractivity contribution is 0.100. The number of hydrogen-bond donors (Lipinski definition) is 2. The Balaban J connectivity index is 2.17.